The number of rotatable bonds is 6. The average Bonchev–Trinajstić information content (AvgIpc) is 2.88. The fraction of sp³-hybridized carbons (Fsp3) is 0.533. The lowest BCUT2D eigenvalue weighted by Gasteiger charge is -2.34. The van der Waals surface area contributed by atoms with Crippen molar-refractivity contribution < 1.29 is 48.6 Å². The molecule has 0 saturated carbocycles. The molecule has 160 valence electrons. The zero-order chi connectivity index (χ0) is 21.9. The molecule has 0 bridgehead atoms. The van der Waals surface area contributed by atoms with Crippen molar-refractivity contribution in [2.75, 3.05) is 0 Å². The van der Waals surface area contributed by atoms with E-state index in [1.54, 1.807) is 0 Å². The van der Waals surface area contributed by atoms with Gasteiger partial charge in [-0.3, -0.25) is 28.8 Å². The van der Waals surface area contributed by atoms with Gasteiger partial charge in [0.2, 0.25) is 0 Å². The van der Waals surface area contributed by atoms with Crippen LogP contribution in [0.5, 0.6) is 0 Å². The van der Waals surface area contributed by atoms with E-state index in [0.717, 1.165) is 33.0 Å². The van der Waals surface area contributed by atoms with Gasteiger partial charge in [0.25, 0.3) is 5.56 Å². The van der Waals surface area contributed by atoms with Crippen LogP contribution in [0.25, 0.3) is 0 Å². The summed E-state index contributed by atoms with van der Waals surface area (Å²) >= 11 is 0. The van der Waals surface area contributed by atoms with Crippen LogP contribution in [-0.2, 0) is 38.4 Å². The molecule has 14 heteroatoms. The molecule has 0 spiro atoms. The zero-order valence-corrected chi connectivity index (χ0v) is 15.4. The minimum atomic E-state index is -2.95. The third kappa shape index (κ3) is 4.86. The molecule has 29 heavy (non-hydrogen) atoms. The van der Waals surface area contributed by atoms with Gasteiger partial charge in [-0.2, -0.15) is 0 Å². The molecule has 4 atom stereocenters. The number of hydrogen-bond donors (Lipinski definition) is 3. The molecule has 2 rings (SSSR count). The van der Waals surface area contributed by atoms with E-state index in [9.17, 15) is 34.2 Å². The minimum absolute atomic E-state index is 0.716. The van der Waals surface area contributed by atoms with Crippen molar-refractivity contribution in [3.63, 3.8) is 0 Å². The Hall–Kier alpha value is -3.07. The highest BCUT2D eigenvalue weighted by molar-refractivity contribution is 5.69. The molecular weight excluding hydrogens is 400 g/mol. The van der Waals surface area contributed by atoms with Gasteiger partial charge in [0.05, 0.1) is 0 Å². The molecule has 0 amide bonds. The molecule has 0 aliphatic carbocycles. The van der Waals surface area contributed by atoms with Crippen LogP contribution in [0.3, 0.4) is 0 Å². The largest absolute Gasteiger partial charge is 0.442 e. The van der Waals surface area contributed by atoms with Gasteiger partial charge in [0.1, 0.15) is 12.2 Å². The Morgan fingerprint density at radius 1 is 1.07 bits per heavy atom. The summed E-state index contributed by atoms with van der Waals surface area (Å²) in [6.45, 7) is 2.68. The molecule has 1 aromatic heterocycles. The molecular formula is C15H18N2O12. The minimum Gasteiger partial charge on any atom is -0.394 e. The van der Waals surface area contributed by atoms with Crippen LogP contribution < -0.4 is 11.2 Å². The fourth-order valence-corrected chi connectivity index (χ4v) is 2.55. The van der Waals surface area contributed by atoms with Crippen molar-refractivity contribution in [1.29, 1.82) is 0 Å². The maximum absolute atomic E-state index is 12.0. The van der Waals surface area contributed by atoms with Crippen LogP contribution in [0.15, 0.2) is 21.9 Å². The predicted octanol–water partition coefficient (Wildman–Crippen LogP) is -2.57. The number of aromatic amines is 1. The number of ether oxygens (including phenoxy) is 3. The Bertz CT molecular complexity index is 889. The highest BCUT2D eigenvalue weighted by atomic mass is 17.3. The van der Waals surface area contributed by atoms with Crippen LogP contribution in [0.1, 0.15) is 27.0 Å². The molecule has 2 heterocycles. The summed E-state index contributed by atoms with van der Waals surface area (Å²) in [4.78, 5) is 68.3. The van der Waals surface area contributed by atoms with E-state index in [-0.39, 0.29) is 0 Å². The second kappa shape index (κ2) is 8.52. The van der Waals surface area contributed by atoms with Crippen LogP contribution in [0, 0.1) is 0 Å². The monoisotopic (exact) mass is 418 g/mol. The standard InChI is InChI=1S/C15H18N2O12/c1-6(18)26-15(27-7(2)19,29-28-8(3)20)12-10(22)11(23)13(25-12)17-5-4-9(21)16-14(17)24/h4-5,10-13,22-23H,1-3H3,(H,16,21,24)/t10-,11+,12-,13+/m0/s1. The zero-order valence-electron chi connectivity index (χ0n) is 15.4. The number of carbonyl (C=O) groups excluding carboxylic acids is 3. The molecule has 1 aliphatic rings. The smallest absolute Gasteiger partial charge is 0.394 e. The van der Waals surface area contributed by atoms with E-state index in [1.807, 2.05) is 4.98 Å². The fourth-order valence-electron chi connectivity index (χ4n) is 2.55. The quantitative estimate of drug-likeness (QED) is 0.189. The van der Waals surface area contributed by atoms with Crippen LogP contribution in [-0.4, -0.2) is 62.0 Å². The number of aliphatic hydroxyl groups is 2. The molecule has 1 fully saturated rings. The first-order chi connectivity index (χ1) is 13.5. The summed E-state index contributed by atoms with van der Waals surface area (Å²) < 4.78 is 15.7. The van der Waals surface area contributed by atoms with Gasteiger partial charge in [-0.15, -0.1) is 0 Å². The maximum atomic E-state index is 12.0. The Morgan fingerprint density at radius 2 is 1.66 bits per heavy atom. The normalized spacial score (nSPS) is 24.0. The van der Waals surface area contributed by atoms with Gasteiger partial charge in [0.15, 0.2) is 12.3 Å². The highest BCUT2D eigenvalue weighted by Crippen LogP contribution is 2.38. The van der Waals surface area contributed by atoms with Gasteiger partial charge < -0.3 is 24.4 Å². The summed E-state index contributed by atoms with van der Waals surface area (Å²) in [5.74, 6) is -6.21. The lowest BCUT2D eigenvalue weighted by atomic mass is 10.1. The Morgan fingerprint density at radius 3 is 2.14 bits per heavy atom. The van der Waals surface area contributed by atoms with Gasteiger partial charge in [-0.05, 0) is 0 Å². The van der Waals surface area contributed by atoms with Crippen molar-refractivity contribution in [2.45, 2.75) is 51.3 Å². The van der Waals surface area contributed by atoms with Crippen LogP contribution >= 0.6 is 0 Å². The van der Waals surface area contributed by atoms with Crippen molar-refractivity contribution in [3.05, 3.63) is 33.1 Å². The van der Waals surface area contributed by atoms with Crippen molar-refractivity contribution in [2.24, 2.45) is 0 Å². The summed E-state index contributed by atoms with van der Waals surface area (Å²) in [6.07, 6.45) is -6.47. The maximum Gasteiger partial charge on any atom is 0.442 e. The molecule has 0 radical (unpaired) electrons. The number of esters is 2. The van der Waals surface area contributed by atoms with E-state index < -0.39 is 59.7 Å². The first-order valence-electron chi connectivity index (χ1n) is 8.05. The van der Waals surface area contributed by atoms with Gasteiger partial charge >= 0.3 is 29.6 Å². The molecule has 3 N–H and O–H groups in total. The van der Waals surface area contributed by atoms with E-state index in [4.69, 9.17) is 14.2 Å². The number of carbonyl (C=O) groups is 3. The highest BCUT2D eigenvalue weighted by Gasteiger charge is 2.62. The number of aliphatic hydroxyl groups excluding tert-OH is 2. The number of H-pyrrole nitrogens is 1. The average molecular weight is 418 g/mol. The molecule has 1 aliphatic heterocycles. The van der Waals surface area contributed by atoms with E-state index in [2.05, 4.69) is 9.78 Å². The van der Waals surface area contributed by atoms with Crippen molar-refractivity contribution >= 4 is 17.9 Å². The van der Waals surface area contributed by atoms with E-state index in [1.165, 1.54) is 0 Å². The molecule has 0 aromatic carbocycles. The van der Waals surface area contributed by atoms with Crippen molar-refractivity contribution in [3.8, 4) is 0 Å². The number of nitrogens with zero attached hydrogens (tertiary/aromatic N) is 1. The van der Waals surface area contributed by atoms with Gasteiger partial charge in [-0.25, -0.2) is 9.59 Å². The topological polar surface area (TPSA) is 193 Å². The number of nitrogens with one attached hydrogen (secondary N) is 1. The van der Waals surface area contributed by atoms with E-state index >= 15 is 0 Å². The summed E-state index contributed by atoms with van der Waals surface area (Å²) in [5, 5.41) is 20.7. The Labute approximate surface area is 161 Å². The molecule has 1 saturated heterocycles. The van der Waals surface area contributed by atoms with Gasteiger partial charge in [-0.1, -0.05) is 4.89 Å². The molecule has 14 nitrogen and oxygen atoms in total. The summed E-state index contributed by atoms with van der Waals surface area (Å²) in [7, 11) is 0. The van der Waals surface area contributed by atoms with Gasteiger partial charge in [0, 0.05) is 33.0 Å². The van der Waals surface area contributed by atoms with Crippen molar-refractivity contribution in [1.82, 2.24) is 9.55 Å². The Kier molecular flexibility index (Phi) is 6.53. The summed E-state index contributed by atoms with van der Waals surface area (Å²) in [5.41, 5.74) is -1.73. The number of aromatic nitrogens is 2. The second-order valence-electron chi connectivity index (χ2n) is 5.89. The summed E-state index contributed by atoms with van der Waals surface area (Å²) in [6, 6.07) is 0.942. The van der Waals surface area contributed by atoms with E-state index in [0.29, 0.717) is 4.57 Å². The lowest BCUT2D eigenvalue weighted by Crippen LogP contribution is -2.56. The lowest BCUT2D eigenvalue weighted by molar-refractivity contribution is -0.488. The third-order valence-corrected chi connectivity index (χ3v) is 3.56. The molecule has 0 unspecified atom stereocenters. The van der Waals surface area contributed by atoms with Crippen LogP contribution in [0.4, 0.5) is 0 Å². The SMILES string of the molecule is CC(=O)OOC(OC(C)=O)(OC(C)=O)[C@H]1O[C@@H](n2ccc(=O)[nH]c2=O)[C@H](O)[C@@H]1O. The third-order valence-electron chi connectivity index (χ3n) is 3.56. The Balaban J connectivity index is 2.49. The van der Waals surface area contributed by atoms with Crippen LogP contribution in [0.2, 0.25) is 0 Å². The first kappa shape index (κ1) is 22.2. The number of hydrogen-bond acceptors (Lipinski definition) is 12. The predicted molar refractivity (Wildman–Crippen MR) is 86.4 cm³/mol. The second-order valence-corrected chi connectivity index (χ2v) is 5.89. The first-order valence-corrected chi connectivity index (χ1v) is 8.05. The molecule has 1 aromatic rings.